The Morgan fingerprint density at radius 1 is 0.312 bits per heavy atom. The molecule has 22 heteroatoms. The molecule has 0 aromatic rings. The van der Waals surface area contributed by atoms with Gasteiger partial charge in [-0.15, -0.1) is 0 Å². The lowest BCUT2D eigenvalue weighted by Crippen LogP contribution is -2.48. The van der Waals surface area contributed by atoms with Gasteiger partial charge in [0.1, 0.15) is 28.0 Å². The van der Waals surface area contributed by atoms with E-state index in [1.165, 1.54) is 14.7 Å². The number of hydrogen-bond acceptors (Lipinski definition) is 14. The van der Waals surface area contributed by atoms with Gasteiger partial charge in [-0.1, -0.05) is 0 Å². The topological polar surface area (TPSA) is 229 Å². The summed E-state index contributed by atoms with van der Waals surface area (Å²) in [7, 11) is 0. The number of amides is 7. The summed E-state index contributed by atoms with van der Waals surface area (Å²) in [5, 5.41) is 9.27. The maximum Gasteiger partial charge on any atom is 0.410 e. The first-order chi connectivity index (χ1) is 35.5. The van der Waals surface area contributed by atoms with E-state index in [2.05, 4.69) is 4.90 Å². The van der Waals surface area contributed by atoms with Gasteiger partial charge in [0.05, 0.1) is 0 Å². The van der Waals surface area contributed by atoms with Crippen molar-refractivity contribution in [3.63, 3.8) is 0 Å². The van der Waals surface area contributed by atoms with Gasteiger partial charge in [-0.05, 0) is 162 Å². The van der Waals surface area contributed by atoms with E-state index in [4.69, 9.17) is 23.7 Å². The molecule has 0 radical (unpaired) electrons. The molecular weight excluding hydrogens is 997 g/mol. The average Bonchev–Trinajstić information content (AvgIpc) is 3.25. The third-order valence-corrected chi connectivity index (χ3v) is 11.9. The Morgan fingerprint density at radius 2 is 0.558 bits per heavy atom. The molecule has 1 N–H and O–H groups in total. The molecule has 0 bridgehead atoms. The number of carboxylic acids is 1. The van der Waals surface area contributed by atoms with Crippen molar-refractivity contribution in [2.45, 2.75) is 196 Å². The Hall–Kier alpha value is -5.28. The number of ether oxygens (including phenoxy) is 5. The molecule has 2 fully saturated rings. The lowest BCUT2D eigenvalue weighted by molar-refractivity contribution is -0.137. The van der Waals surface area contributed by atoms with Crippen molar-refractivity contribution in [1.82, 2.24) is 39.2 Å². The van der Waals surface area contributed by atoms with Crippen LogP contribution in [0.25, 0.3) is 0 Å². The summed E-state index contributed by atoms with van der Waals surface area (Å²) in [4.78, 5) is 121. The first-order valence-corrected chi connectivity index (χ1v) is 27.9. The predicted molar refractivity (Wildman–Crippen MR) is 292 cm³/mol. The van der Waals surface area contributed by atoms with Crippen LogP contribution >= 0.6 is 0 Å². The maximum absolute atomic E-state index is 14.3. The molecule has 0 unspecified atom stereocenters. The van der Waals surface area contributed by atoms with Gasteiger partial charge in [-0.25, -0.2) is 24.0 Å². The summed E-state index contributed by atoms with van der Waals surface area (Å²) in [6.45, 7) is 31.3. The van der Waals surface area contributed by atoms with E-state index in [0.29, 0.717) is 77.8 Å². The molecule has 0 saturated carbocycles. The van der Waals surface area contributed by atoms with Gasteiger partial charge in [0.15, 0.2) is 0 Å². The highest BCUT2D eigenvalue weighted by molar-refractivity contribution is 5.79. The van der Waals surface area contributed by atoms with Gasteiger partial charge < -0.3 is 68.0 Å². The third kappa shape index (κ3) is 30.5. The molecule has 0 aromatic heterocycles. The van der Waals surface area contributed by atoms with Crippen LogP contribution in [0.2, 0.25) is 0 Å². The van der Waals surface area contributed by atoms with Crippen molar-refractivity contribution in [2.75, 3.05) is 111 Å². The molecule has 0 aliphatic carbocycles. The number of hydrogen-bond donors (Lipinski definition) is 1. The summed E-state index contributed by atoms with van der Waals surface area (Å²) in [6, 6.07) is 0. The summed E-state index contributed by atoms with van der Waals surface area (Å²) in [5.41, 5.74) is -3.86. The van der Waals surface area contributed by atoms with E-state index >= 15 is 0 Å². The highest BCUT2D eigenvalue weighted by Crippen LogP contribution is 2.19. The fraction of sp³-hybridized carbons (Fsp3) is 0.855. The molecule has 2 saturated heterocycles. The second kappa shape index (κ2) is 31.3. The zero-order chi connectivity index (χ0) is 58.4. The van der Waals surface area contributed by atoms with Gasteiger partial charge in [0.25, 0.3) is 0 Å². The standard InChI is InChI=1S/C55H100N8O14/c1-51(2,3)73-46(68)59-31-21-32-60(47(69)74-52(4,5)6)39-37-57(28-19-27-56(35-36-59)26-17-16-25-45(66)67)43(64)23-18-24-44(65)58-29-20-30-62(49(71)76-54(10,11)12)41-42-63(50(72)77-55(13,14)15)34-22-33-61(40-38-58)48(70)75-53(7,8)9/h16-42H2,1-15H3,(H,66,67). The molecule has 2 aliphatic rings. The Morgan fingerprint density at radius 3 is 0.831 bits per heavy atom. The maximum atomic E-state index is 14.3. The van der Waals surface area contributed by atoms with Crippen LogP contribution in [0.4, 0.5) is 24.0 Å². The summed E-state index contributed by atoms with van der Waals surface area (Å²) in [5.74, 6) is -1.29. The Bertz CT molecular complexity index is 1900. The number of unbranched alkanes of at least 4 members (excludes halogenated alkanes) is 1. The van der Waals surface area contributed by atoms with Crippen molar-refractivity contribution in [3.8, 4) is 0 Å². The molecule has 444 valence electrons. The molecule has 0 atom stereocenters. The lowest BCUT2D eigenvalue weighted by atomic mass is 10.1. The van der Waals surface area contributed by atoms with Crippen LogP contribution in [0.15, 0.2) is 0 Å². The normalized spacial score (nSPS) is 17.6. The number of carbonyl (C=O) groups is 8. The molecule has 22 nitrogen and oxygen atoms in total. The van der Waals surface area contributed by atoms with Gasteiger partial charge in [0, 0.05) is 117 Å². The SMILES string of the molecule is CC(C)(C)OC(=O)N1CCCN(C(=O)OC(C)(C)C)CCN(C(=O)CCCC(=O)N2CCCN(C(=O)OC(C)(C)C)CCN(C(=O)OC(C)(C)C)CCCN(C(=O)OC(C)(C)C)CC2)CCCN(CCCCC(=O)O)CC1. The van der Waals surface area contributed by atoms with Crippen molar-refractivity contribution in [3.05, 3.63) is 0 Å². The minimum atomic E-state index is -0.866. The van der Waals surface area contributed by atoms with Crippen LogP contribution < -0.4 is 0 Å². The van der Waals surface area contributed by atoms with Crippen LogP contribution in [-0.2, 0) is 38.1 Å². The summed E-state index contributed by atoms with van der Waals surface area (Å²) >= 11 is 0. The largest absolute Gasteiger partial charge is 0.481 e. The smallest absolute Gasteiger partial charge is 0.410 e. The van der Waals surface area contributed by atoms with E-state index in [-0.39, 0.29) is 109 Å². The van der Waals surface area contributed by atoms with Crippen LogP contribution in [0, 0.1) is 0 Å². The highest BCUT2D eigenvalue weighted by Gasteiger charge is 2.31. The van der Waals surface area contributed by atoms with Crippen LogP contribution in [-0.4, -0.2) is 232 Å². The Kier molecular flexibility index (Phi) is 27.6. The van der Waals surface area contributed by atoms with Crippen molar-refractivity contribution >= 4 is 48.2 Å². The molecule has 2 heterocycles. The van der Waals surface area contributed by atoms with Crippen molar-refractivity contribution in [1.29, 1.82) is 0 Å². The Labute approximate surface area is 460 Å². The quantitative estimate of drug-likeness (QED) is 0.170. The number of nitrogens with zero attached hydrogens (tertiary/aromatic N) is 8. The molecule has 2 aliphatic heterocycles. The van der Waals surface area contributed by atoms with E-state index in [1.54, 1.807) is 123 Å². The zero-order valence-electron chi connectivity index (χ0n) is 49.9. The molecule has 0 aromatic carbocycles. The highest BCUT2D eigenvalue weighted by atomic mass is 16.6. The van der Waals surface area contributed by atoms with Gasteiger partial charge in [0.2, 0.25) is 11.8 Å². The fourth-order valence-corrected chi connectivity index (χ4v) is 8.31. The third-order valence-electron chi connectivity index (χ3n) is 11.9. The average molecular weight is 1100 g/mol. The van der Waals surface area contributed by atoms with Crippen LogP contribution in [0.1, 0.15) is 168 Å². The minimum Gasteiger partial charge on any atom is -0.481 e. The number of rotatable bonds is 9. The van der Waals surface area contributed by atoms with E-state index < -0.39 is 64.4 Å². The predicted octanol–water partition coefficient (Wildman–Crippen LogP) is 8.14. The van der Waals surface area contributed by atoms with Crippen LogP contribution in [0.5, 0.6) is 0 Å². The van der Waals surface area contributed by atoms with E-state index in [1.807, 2.05) is 0 Å². The Balaban J connectivity index is 2.40. The second-order valence-electron chi connectivity index (χ2n) is 25.1. The molecular formula is C55H100N8O14. The van der Waals surface area contributed by atoms with Gasteiger partial charge in [-0.2, -0.15) is 0 Å². The van der Waals surface area contributed by atoms with Crippen molar-refractivity contribution in [2.24, 2.45) is 0 Å². The number of aliphatic carboxylic acids is 1. The van der Waals surface area contributed by atoms with E-state index in [9.17, 15) is 43.5 Å². The monoisotopic (exact) mass is 1100 g/mol. The lowest BCUT2D eigenvalue weighted by Gasteiger charge is -2.34. The van der Waals surface area contributed by atoms with Gasteiger partial charge >= 0.3 is 36.4 Å². The first-order valence-electron chi connectivity index (χ1n) is 27.9. The molecule has 0 spiro atoms. The number of carbonyl (C=O) groups excluding carboxylic acids is 7. The van der Waals surface area contributed by atoms with Gasteiger partial charge in [-0.3, -0.25) is 14.4 Å². The summed E-state index contributed by atoms with van der Waals surface area (Å²) in [6.07, 6.45) is 0.426. The first kappa shape index (κ1) is 67.8. The number of carboxylic acid groups (broad SMARTS) is 1. The fourth-order valence-electron chi connectivity index (χ4n) is 8.31. The van der Waals surface area contributed by atoms with E-state index in [0.717, 1.165) is 0 Å². The zero-order valence-corrected chi connectivity index (χ0v) is 49.9. The summed E-state index contributed by atoms with van der Waals surface area (Å²) < 4.78 is 28.8. The minimum absolute atomic E-state index is 0.0228. The molecule has 2 rings (SSSR count). The van der Waals surface area contributed by atoms with Crippen LogP contribution in [0.3, 0.4) is 0 Å². The second-order valence-corrected chi connectivity index (χ2v) is 25.1. The molecule has 77 heavy (non-hydrogen) atoms. The molecule has 7 amide bonds. The van der Waals surface area contributed by atoms with Crippen molar-refractivity contribution < 1.29 is 67.1 Å².